The van der Waals surface area contributed by atoms with Crippen LogP contribution in [0.2, 0.25) is 0 Å². The lowest BCUT2D eigenvalue weighted by Crippen LogP contribution is -1.92. The molecule has 0 saturated carbocycles. The molecule has 1 aromatic heterocycles. The fourth-order valence-electron chi connectivity index (χ4n) is 5.95. The number of benzene rings is 6. The number of thiophene rings is 1. The Hall–Kier alpha value is -4.72. The minimum Gasteiger partial charge on any atom is -0.135 e. The van der Waals surface area contributed by atoms with Gasteiger partial charge in [-0.25, -0.2) is 0 Å². The summed E-state index contributed by atoms with van der Waals surface area (Å²) in [6.45, 7) is 8.13. The number of hydrogen-bond acceptors (Lipinski definition) is 1. The standard InChI is InChI=1S/C38H26S/c1-3-27-34-24-26(22-23-36(34)39-35(27)4-2)37-30-18-10-12-20-32(30)38(33-21-13-11-19-31(33)37)29-17-9-8-16-28(29)25-14-6-5-7-15-25/h3-24H,1-2H2. The van der Waals surface area contributed by atoms with Crippen molar-refractivity contribution in [2.45, 2.75) is 0 Å². The maximum absolute atomic E-state index is 4.10. The Kier molecular flexibility index (Phi) is 5.73. The highest BCUT2D eigenvalue weighted by molar-refractivity contribution is 7.20. The van der Waals surface area contributed by atoms with Gasteiger partial charge in [-0.05, 0) is 72.6 Å². The van der Waals surface area contributed by atoms with E-state index in [1.807, 2.05) is 12.2 Å². The van der Waals surface area contributed by atoms with E-state index in [1.165, 1.54) is 69.9 Å². The number of hydrogen-bond donors (Lipinski definition) is 0. The molecule has 0 unspecified atom stereocenters. The van der Waals surface area contributed by atoms with E-state index in [0.29, 0.717) is 0 Å². The van der Waals surface area contributed by atoms with Gasteiger partial charge in [0.25, 0.3) is 0 Å². The van der Waals surface area contributed by atoms with Gasteiger partial charge in [-0.3, -0.25) is 0 Å². The first-order valence-corrected chi connectivity index (χ1v) is 14.0. The summed E-state index contributed by atoms with van der Waals surface area (Å²) in [6, 6.07) is 44.0. The molecule has 0 aliphatic heterocycles. The normalized spacial score (nSPS) is 11.3. The Bertz CT molecular complexity index is 1980. The molecule has 0 N–H and O–H groups in total. The average molecular weight is 515 g/mol. The molecule has 0 nitrogen and oxygen atoms in total. The van der Waals surface area contributed by atoms with Gasteiger partial charge in [0.1, 0.15) is 0 Å². The molecule has 39 heavy (non-hydrogen) atoms. The number of rotatable bonds is 5. The van der Waals surface area contributed by atoms with E-state index in [1.54, 1.807) is 11.3 Å². The van der Waals surface area contributed by atoms with Gasteiger partial charge in [0.2, 0.25) is 0 Å². The lowest BCUT2D eigenvalue weighted by Gasteiger charge is -2.19. The lowest BCUT2D eigenvalue weighted by atomic mass is 9.83. The molecule has 184 valence electrons. The average Bonchev–Trinajstić information content (AvgIpc) is 3.37. The third-order valence-electron chi connectivity index (χ3n) is 7.65. The maximum Gasteiger partial charge on any atom is 0.0355 e. The van der Waals surface area contributed by atoms with Crippen LogP contribution >= 0.6 is 11.3 Å². The molecule has 6 aromatic carbocycles. The minimum atomic E-state index is 1.16. The van der Waals surface area contributed by atoms with Gasteiger partial charge in [0.15, 0.2) is 0 Å². The van der Waals surface area contributed by atoms with Crippen molar-refractivity contribution in [3.8, 4) is 33.4 Å². The SMILES string of the molecule is C=Cc1sc2ccc(-c3c4ccccc4c(-c4ccccc4-c4ccccc4)c4ccccc34)cc2c1C=C. The summed E-state index contributed by atoms with van der Waals surface area (Å²) in [5.74, 6) is 0. The van der Waals surface area contributed by atoms with Crippen LogP contribution in [0.15, 0.2) is 134 Å². The Morgan fingerprint density at radius 1 is 0.462 bits per heavy atom. The smallest absolute Gasteiger partial charge is 0.0355 e. The number of fused-ring (bicyclic) bond motifs is 3. The summed E-state index contributed by atoms with van der Waals surface area (Å²) in [5, 5.41) is 6.26. The first-order valence-electron chi connectivity index (χ1n) is 13.2. The van der Waals surface area contributed by atoms with Gasteiger partial charge >= 0.3 is 0 Å². The minimum absolute atomic E-state index is 1.16. The second-order valence-electron chi connectivity index (χ2n) is 9.75. The van der Waals surface area contributed by atoms with Gasteiger partial charge in [-0.1, -0.05) is 135 Å². The van der Waals surface area contributed by atoms with E-state index < -0.39 is 0 Å². The second-order valence-corrected chi connectivity index (χ2v) is 10.8. The monoisotopic (exact) mass is 514 g/mol. The largest absolute Gasteiger partial charge is 0.135 e. The van der Waals surface area contributed by atoms with Crippen molar-refractivity contribution < 1.29 is 0 Å². The summed E-state index contributed by atoms with van der Waals surface area (Å²) in [6.07, 6.45) is 3.89. The molecule has 1 heteroatoms. The zero-order valence-electron chi connectivity index (χ0n) is 21.5. The summed E-state index contributed by atoms with van der Waals surface area (Å²) in [5.41, 5.74) is 8.65. The maximum atomic E-state index is 4.10. The van der Waals surface area contributed by atoms with Crippen molar-refractivity contribution >= 4 is 55.1 Å². The molecule has 0 atom stereocenters. The highest BCUT2D eigenvalue weighted by atomic mass is 32.1. The third-order valence-corrected chi connectivity index (χ3v) is 8.83. The predicted molar refractivity (Wildman–Crippen MR) is 173 cm³/mol. The van der Waals surface area contributed by atoms with Crippen molar-refractivity contribution in [1.82, 2.24) is 0 Å². The molecule has 7 aromatic rings. The molecule has 0 saturated heterocycles. The molecular formula is C38H26S. The highest BCUT2D eigenvalue weighted by Gasteiger charge is 2.19. The molecule has 0 aliphatic carbocycles. The van der Waals surface area contributed by atoms with Gasteiger partial charge in [0, 0.05) is 15.0 Å². The van der Waals surface area contributed by atoms with Crippen molar-refractivity contribution in [2.24, 2.45) is 0 Å². The van der Waals surface area contributed by atoms with E-state index in [4.69, 9.17) is 0 Å². The van der Waals surface area contributed by atoms with E-state index in [9.17, 15) is 0 Å². The Balaban J connectivity index is 1.59. The zero-order valence-corrected chi connectivity index (χ0v) is 22.3. The highest BCUT2D eigenvalue weighted by Crippen LogP contribution is 2.47. The molecule has 0 spiro atoms. The summed E-state index contributed by atoms with van der Waals surface area (Å²) in [7, 11) is 0. The molecule has 0 fully saturated rings. The molecule has 1 heterocycles. The van der Waals surface area contributed by atoms with Crippen LogP contribution < -0.4 is 0 Å². The van der Waals surface area contributed by atoms with Gasteiger partial charge in [-0.15, -0.1) is 11.3 Å². The molecule has 0 radical (unpaired) electrons. The Labute approximate surface area is 232 Å². The van der Waals surface area contributed by atoms with Crippen LogP contribution in [-0.4, -0.2) is 0 Å². The van der Waals surface area contributed by atoms with Crippen LogP contribution in [0.5, 0.6) is 0 Å². The lowest BCUT2D eigenvalue weighted by molar-refractivity contribution is 1.61. The topological polar surface area (TPSA) is 0 Å². The van der Waals surface area contributed by atoms with Crippen LogP contribution in [0.25, 0.3) is 77.2 Å². The van der Waals surface area contributed by atoms with Gasteiger partial charge in [0.05, 0.1) is 0 Å². The molecule has 0 bridgehead atoms. The van der Waals surface area contributed by atoms with E-state index in [0.717, 1.165) is 5.56 Å². The summed E-state index contributed by atoms with van der Waals surface area (Å²) in [4.78, 5) is 1.17. The van der Waals surface area contributed by atoms with Crippen molar-refractivity contribution in [2.75, 3.05) is 0 Å². The molecular weight excluding hydrogens is 488 g/mol. The third kappa shape index (κ3) is 3.74. The van der Waals surface area contributed by atoms with Crippen molar-refractivity contribution in [1.29, 1.82) is 0 Å². The second kappa shape index (κ2) is 9.54. The fraction of sp³-hybridized carbons (Fsp3) is 0. The van der Waals surface area contributed by atoms with E-state index in [-0.39, 0.29) is 0 Å². The zero-order chi connectivity index (χ0) is 26.3. The Morgan fingerprint density at radius 2 is 1.03 bits per heavy atom. The van der Waals surface area contributed by atoms with Crippen LogP contribution in [0, 0.1) is 0 Å². The quantitative estimate of drug-likeness (QED) is 0.200. The molecule has 7 rings (SSSR count). The molecule has 0 aliphatic rings. The fourth-order valence-corrected chi connectivity index (χ4v) is 6.99. The van der Waals surface area contributed by atoms with Crippen LogP contribution in [0.1, 0.15) is 10.4 Å². The first-order chi connectivity index (χ1) is 19.3. The Morgan fingerprint density at radius 3 is 1.64 bits per heavy atom. The molecule has 0 amide bonds. The van der Waals surface area contributed by atoms with Gasteiger partial charge in [-0.2, -0.15) is 0 Å². The van der Waals surface area contributed by atoms with Crippen LogP contribution in [0.4, 0.5) is 0 Å². The summed E-state index contributed by atoms with van der Waals surface area (Å²) >= 11 is 1.77. The van der Waals surface area contributed by atoms with Crippen molar-refractivity contribution in [3.05, 3.63) is 145 Å². The summed E-state index contributed by atoms with van der Waals surface area (Å²) < 4.78 is 1.26. The van der Waals surface area contributed by atoms with E-state index in [2.05, 4.69) is 134 Å². The van der Waals surface area contributed by atoms with Crippen LogP contribution in [0.3, 0.4) is 0 Å². The van der Waals surface area contributed by atoms with Crippen LogP contribution in [-0.2, 0) is 0 Å². The van der Waals surface area contributed by atoms with Gasteiger partial charge < -0.3 is 0 Å². The predicted octanol–water partition coefficient (Wildman–Crippen LogP) is 11.5. The first kappa shape index (κ1) is 23.4. The van der Waals surface area contributed by atoms with E-state index >= 15 is 0 Å². The van der Waals surface area contributed by atoms with Crippen molar-refractivity contribution in [3.63, 3.8) is 0 Å².